The van der Waals surface area contributed by atoms with Crippen LogP contribution in [0.5, 0.6) is 0 Å². The molecule has 11 heavy (non-hydrogen) atoms. The minimum absolute atomic E-state index is 0.102. The molecule has 0 bridgehead atoms. The summed E-state index contributed by atoms with van der Waals surface area (Å²) in [6, 6.07) is 0. The first-order valence-electron chi connectivity index (χ1n) is 2.96. The lowest BCUT2D eigenvalue weighted by Crippen LogP contribution is -2.09. The summed E-state index contributed by atoms with van der Waals surface area (Å²) in [6.07, 6.45) is 3.53. The number of allylic oxidation sites excluding steroid dienone is 1. The van der Waals surface area contributed by atoms with Gasteiger partial charge in [-0.05, 0) is 6.08 Å². The third-order valence-electron chi connectivity index (χ3n) is 1.28. The maximum Gasteiger partial charge on any atom is 0.250 e. The van der Waals surface area contributed by atoms with Crippen LogP contribution in [-0.2, 0) is 14.6 Å². The Morgan fingerprint density at radius 1 is 1.55 bits per heavy atom. The number of amides is 1. The average Bonchev–Trinajstić information content (AvgIpc) is 1.86. The summed E-state index contributed by atoms with van der Waals surface area (Å²) < 4.78 is 21.7. The molecule has 1 aliphatic rings. The Kier molecular flexibility index (Phi) is 1.90. The second kappa shape index (κ2) is 2.58. The molecule has 1 rings (SSSR count). The summed E-state index contributed by atoms with van der Waals surface area (Å²) >= 11 is 0. The quantitative estimate of drug-likeness (QED) is 0.557. The van der Waals surface area contributed by atoms with Crippen LogP contribution >= 0.6 is 0 Å². The number of dihydropyridines is 1. The summed E-state index contributed by atoms with van der Waals surface area (Å²) in [7, 11) is -3.21. The van der Waals surface area contributed by atoms with Gasteiger partial charge in [0.25, 0.3) is 5.91 Å². The minimum atomic E-state index is -3.21. The van der Waals surface area contributed by atoms with Crippen LogP contribution in [0.4, 0.5) is 0 Å². The van der Waals surface area contributed by atoms with Gasteiger partial charge in [-0.1, -0.05) is 0 Å². The van der Waals surface area contributed by atoms with E-state index in [1.165, 1.54) is 12.3 Å². The van der Waals surface area contributed by atoms with E-state index in [1.54, 1.807) is 0 Å². The number of carbonyl (C=O) groups excluding carboxylic acids is 1. The van der Waals surface area contributed by atoms with Crippen molar-refractivity contribution in [2.45, 2.75) is 6.42 Å². The molecule has 0 N–H and O–H groups in total. The largest absolute Gasteiger partial charge is 0.272 e. The van der Waals surface area contributed by atoms with Crippen LogP contribution in [0.3, 0.4) is 0 Å². The zero-order valence-corrected chi connectivity index (χ0v) is 6.76. The molecule has 60 valence electrons. The smallest absolute Gasteiger partial charge is 0.250 e. The van der Waals surface area contributed by atoms with Crippen LogP contribution in [0.15, 0.2) is 16.0 Å². The highest BCUT2D eigenvalue weighted by molar-refractivity contribution is 7.94. The first-order chi connectivity index (χ1) is 5.00. The lowest BCUT2D eigenvalue weighted by molar-refractivity contribution is -0.117. The monoisotopic (exact) mass is 173 g/mol. The molecule has 0 saturated carbocycles. The lowest BCUT2D eigenvalue weighted by atomic mass is 10.3. The Labute approximate surface area is 64.6 Å². The van der Waals surface area contributed by atoms with E-state index in [0.29, 0.717) is 0 Å². The number of hydrogen-bond donors (Lipinski definition) is 0. The van der Waals surface area contributed by atoms with E-state index in [1.807, 2.05) is 0 Å². The number of hydrogen-bond acceptors (Lipinski definition) is 3. The van der Waals surface area contributed by atoms with Crippen molar-refractivity contribution >= 4 is 22.0 Å². The zero-order chi connectivity index (χ0) is 8.48. The maximum atomic E-state index is 10.8. The zero-order valence-electron chi connectivity index (χ0n) is 5.94. The fraction of sp³-hybridized carbons (Fsp3) is 0.333. The summed E-state index contributed by atoms with van der Waals surface area (Å²) in [5.41, 5.74) is 0. The van der Waals surface area contributed by atoms with Crippen molar-refractivity contribution in [1.82, 2.24) is 0 Å². The van der Waals surface area contributed by atoms with E-state index >= 15 is 0 Å². The molecule has 1 amide bonds. The summed E-state index contributed by atoms with van der Waals surface area (Å²) in [5.74, 6) is -0.409. The lowest BCUT2D eigenvalue weighted by Gasteiger charge is -2.03. The van der Waals surface area contributed by atoms with Crippen LogP contribution in [-0.4, -0.2) is 26.8 Å². The van der Waals surface area contributed by atoms with Crippen LogP contribution in [0.2, 0.25) is 0 Å². The standard InChI is InChI=1S/C6H7NO3S/c1-11(9,10)5-2-3-7-6(8)4-5/h2-3H,4H2,1H3. The van der Waals surface area contributed by atoms with Crippen molar-refractivity contribution in [3.05, 3.63) is 11.0 Å². The summed E-state index contributed by atoms with van der Waals surface area (Å²) in [5, 5.41) is 0. The highest BCUT2D eigenvalue weighted by atomic mass is 32.2. The second-order valence-electron chi connectivity index (χ2n) is 2.25. The van der Waals surface area contributed by atoms with E-state index in [0.717, 1.165) is 6.26 Å². The Morgan fingerprint density at radius 3 is 2.55 bits per heavy atom. The van der Waals surface area contributed by atoms with Crippen molar-refractivity contribution in [3.63, 3.8) is 0 Å². The van der Waals surface area contributed by atoms with Crippen LogP contribution in [0.25, 0.3) is 0 Å². The molecule has 0 aromatic heterocycles. The second-order valence-corrected chi connectivity index (χ2v) is 4.32. The molecule has 0 aliphatic carbocycles. The SMILES string of the molecule is CS(=O)(=O)C1=CC=NC(=O)C1. The van der Waals surface area contributed by atoms with Gasteiger partial charge in [-0.15, -0.1) is 0 Å². The van der Waals surface area contributed by atoms with E-state index in [9.17, 15) is 13.2 Å². The number of carbonyl (C=O) groups is 1. The van der Waals surface area contributed by atoms with Crippen molar-refractivity contribution in [2.75, 3.05) is 6.26 Å². The number of aliphatic imine (C=N–C) groups is 1. The van der Waals surface area contributed by atoms with Gasteiger partial charge in [0.05, 0.1) is 11.3 Å². The molecule has 0 saturated heterocycles. The number of rotatable bonds is 1. The Balaban J connectivity index is 3.01. The van der Waals surface area contributed by atoms with Gasteiger partial charge in [0.15, 0.2) is 9.84 Å². The Bertz CT molecular complexity index is 337. The maximum absolute atomic E-state index is 10.8. The van der Waals surface area contributed by atoms with Crippen molar-refractivity contribution in [1.29, 1.82) is 0 Å². The van der Waals surface area contributed by atoms with Crippen molar-refractivity contribution in [2.24, 2.45) is 4.99 Å². The molecule has 4 nitrogen and oxygen atoms in total. The molecule has 0 spiro atoms. The predicted molar refractivity (Wildman–Crippen MR) is 41.0 cm³/mol. The first-order valence-corrected chi connectivity index (χ1v) is 4.85. The topological polar surface area (TPSA) is 63.6 Å². The molecular weight excluding hydrogens is 166 g/mol. The normalized spacial score (nSPS) is 18.3. The van der Waals surface area contributed by atoms with E-state index in [2.05, 4.69) is 4.99 Å². The minimum Gasteiger partial charge on any atom is -0.272 e. The third-order valence-corrected chi connectivity index (χ3v) is 2.51. The average molecular weight is 173 g/mol. The van der Waals surface area contributed by atoms with Gasteiger partial charge in [-0.2, -0.15) is 0 Å². The van der Waals surface area contributed by atoms with Crippen LogP contribution < -0.4 is 0 Å². The van der Waals surface area contributed by atoms with Gasteiger partial charge in [-0.3, -0.25) is 4.79 Å². The van der Waals surface area contributed by atoms with Gasteiger partial charge >= 0.3 is 0 Å². The van der Waals surface area contributed by atoms with Crippen LogP contribution in [0.1, 0.15) is 6.42 Å². The number of sulfone groups is 1. The fourth-order valence-corrected chi connectivity index (χ4v) is 1.41. The molecule has 1 heterocycles. The predicted octanol–water partition coefficient (Wildman–Crippen LogP) is -0.0840. The van der Waals surface area contributed by atoms with Crippen molar-refractivity contribution < 1.29 is 13.2 Å². The fourth-order valence-electron chi connectivity index (χ4n) is 0.712. The van der Waals surface area contributed by atoms with Gasteiger partial charge in [0.2, 0.25) is 0 Å². The van der Waals surface area contributed by atoms with E-state index in [-0.39, 0.29) is 11.3 Å². The van der Waals surface area contributed by atoms with Crippen LogP contribution in [0, 0.1) is 0 Å². The van der Waals surface area contributed by atoms with Gasteiger partial charge in [0.1, 0.15) is 0 Å². The molecule has 0 aromatic carbocycles. The van der Waals surface area contributed by atoms with Gasteiger partial charge in [-0.25, -0.2) is 13.4 Å². The highest BCUT2D eigenvalue weighted by Gasteiger charge is 2.16. The van der Waals surface area contributed by atoms with E-state index < -0.39 is 15.7 Å². The Morgan fingerprint density at radius 2 is 2.18 bits per heavy atom. The number of nitrogens with zero attached hydrogens (tertiary/aromatic N) is 1. The van der Waals surface area contributed by atoms with Gasteiger partial charge in [0, 0.05) is 12.5 Å². The molecule has 0 aromatic rings. The first kappa shape index (κ1) is 8.13. The molecule has 0 atom stereocenters. The van der Waals surface area contributed by atoms with Gasteiger partial charge < -0.3 is 0 Å². The molecular formula is C6H7NO3S. The molecule has 0 unspecified atom stereocenters. The molecule has 0 fully saturated rings. The summed E-state index contributed by atoms with van der Waals surface area (Å²) in [6.45, 7) is 0. The molecule has 0 radical (unpaired) electrons. The summed E-state index contributed by atoms with van der Waals surface area (Å²) in [4.78, 5) is 14.1. The Hall–Kier alpha value is -0.970. The molecule has 1 aliphatic heterocycles. The highest BCUT2D eigenvalue weighted by Crippen LogP contribution is 2.12. The van der Waals surface area contributed by atoms with E-state index in [4.69, 9.17) is 0 Å². The molecule has 5 heteroatoms. The van der Waals surface area contributed by atoms with Crippen molar-refractivity contribution in [3.8, 4) is 0 Å². The third kappa shape index (κ3) is 1.98.